The maximum absolute atomic E-state index is 13.5. The van der Waals surface area contributed by atoms with Gasteiger partial charge < -0.3 is 20.7 Å². The molecule has 0 unspecified atom stereocenters. The van der Waals surface area contributed by atoms with E-state index in [1.54, 1.807) is 24.5 Å². The van der Waals surface area contributed by atoms with E-state index in [-0.39, 0.29) is 39.1 Å². The van der Waals surface area contributed by atoms with Crippen molar-refractivity contribution in [2.45, 2.75) is 92.4 Å². The summed E-state index contributed by atoms with van der Waals surface area (Å²) in [5.41, 5.74) is 8.31. The lowest BCUT2D eigenvalue weighted by Crippen LogP contribution is -2.58. The normalized spacial score (nSPS) is 24.9. The number of rotatable bonds is 10. The molecule has 4 aliphatic rings. The zero-order valence-corrected chi connectivity index (χ0v) is 24.2. The Hall–Kier alpha value is -2.99. The van der Waals surface area contributed by atoms with Gasteiger partial charge in [0.2, 0.25) is 0 Å². The predicted octanol–water partition coefficient (Wildman–Crippen LogP) is 5.69. The van der Waals surface area contributed by atoms with Crippen LogP contribution in [0.3, 0.4) is 0 Å². The molecule has 2 aromatic rings. The molecule has 0 atom stereocenters. The second-order valence-corrected chi connectivity index (χ2v) is 14.4. The number of alkyl carbamates (subject to hydrolysis) is 1. The second-order valence-electron chi connectivity index (χ2n) is 11.2. The Kier molecular flexibility index (Phi) is 7.45. The zero-order chi connectivity index (χ0) is 27.8. The van der Waals surface area contributed by atoms with Crippen LogP contribution in [0.5, 0.6) is 0 Å². The van der Waals surface area contributed by atoms with E-state index in [9.17, 15) is 13.2 Å². The number of fused-ring (bicyclic) bond motifs is 3. The fraction of sp³-hybridized carbons (Fsp3) is 0.556. The molecule has 0 spiro atoms. The third kappa shape index (κ3) is 5.54. The molecule has 2 bridgehead atoms. The molecule has 6 rings (SSSR count). The molecule has 10 nitrogen and oxygen atoms in total. The minimum absolute atomic E-state index is 0.0478. The smallest absolute Gasteiger partial charge is 0.407 e. The lowest BCUT2D eigenvalue weighted by atomic mass is 9.57. The Bertz CT molecular complexity index is 1370. The summed E-state index contributed by atoms with van der Waals surface area (Å²) in [7, 11) is -1.80. The van der Waals surface area contributed by atoms with Crippen LogP contribution < -0.4 is 16.0 Å². The summed E-state index contributed by atoms with van der Waals surface area (Å²) in [6, 6.07) is 5.28. The maximum atomic E-state index is 13.5. The summed E-state index contributed by atoms with van der Waals surface area (Å²) < 4.78 is 32.3. The van der Waals surface area contributed by atoms with Crippen LogP contribution in [-0.2, 0) is 20.0 Å². The number of benzene rings is 1. The van der Waals surface area contributed by atoms with Crippen molar-refractivity contribution >= 4 is 33.0 Å². The SMILES string of the molecule is CN/C=C(\N=N)Nc1ccc(-c2cnc(C34CCC(NC(=O)OC(C)C)(CC3)CC4)s2)c(S(=O)(=O)C2CC2)c1. The molecule has 0 radical (unpaired) electrons. The third-order valence-electron chi connectivity index (χ3n) is 8.11. The van der Waals surface area contributed by atoms with E-state index in [0.717, 1.165) is 48.4 Å². The molecule has 39 heavy (non-hydrogen) atoms. The first-order valence-corrected chi connectivity index (χ1v) is 15.8. The highest BCUT2D eigenvalue weighted by molar-refractivity contribution is 7.92. The van der Waals surface area contributed by atoms with Crippen molar-refractivity contribution in [1.82, 2.24) is 15.6 Å². The monoisotopic (exact) mass is 572 g/mol. The Morgan fingerprint density at radius 2 is 1.90 bits per heavy atom. The number of hydrogen-bond donors (Lipinski definition) is 4. The quantitative estimate of drug-likeness (QED) is 0.268. The summed E-state index contributed by atoms with van der Waals surface area (Å²) >= 11 is 1.58. The van der Waals surface area contributed by atoms with Crippen LogP contribution in [0.2, 0.25) is 0 Å². The van der Waals surface area contributed by atoms with Crippen LogP contribution in [0.15, 0.2) is 46.4 Å². The average Bonchev–Trinajstić information content (AvgIpc) is 3.66. The first kappa shape index (κ1) is 27.6. The molecule has 0 aliphatic heterocycles. The van der Waals surface area contributed by atoms with Gasteiger partial charge in [-0.3, -0.25) is 0 Å². The fourth-order valence-corrected chi connectivity index (χ4v) is 8.96. The van der Waals surface area contributed by atoms with Gasteiger partial charge >= 0.3 is 6.09 Å². The number of sulfone groups is 1. The summed E-state index contributed by atoms with van der Waals surface area (Å²) in [5.74, 6) is 0.275. The number of ether oxygens (including phenoxy) is 1. The van der Waals surface area contributed by atoms with Gasteiger partial charge in [-0.05, 0) is 77.3 Å². The minimum atomic E-state index is -3.50. The Balaban J connectivity index is 1.40. The first-order chi connectivity index (χ1) is 18.6. The number of nitrogens with zero attached hydrogens (tertiary/aromatic N) is 2. The third-order valence-corrected chi connectivity index (χ3v) is 11.7. The number of hydrogen-bond acceptors (Lipinski definition) is 10. The average molecular weight is 573 g/mol. The van der Waals surface area contributed by atoms with E-state index in [4.69, 9.17) is 15.3 Å². The van der Waals surface area contributed by atoms with E-state index in [1.807, 2.05) is 32.2 Å². The number of thiazole rings is 1. The molecule has 0 saturated heterocycles. The predicted molar refractivity (Wildman–Crippen MR) is 151 cm³/mol. The fourth-order valence-electron chi connectivity index (χ4n) is 5.78. The van der Waals surface area contributed by atoms with Gasteiger partial charge in [-0.15, -0.1) is 16.5 Å². The molecule has 210 valence electrons. The highest BCUT2D eigenvalue weighted by Gasteiger charge is 2.51. The molecule has 1 aromatic carbocycles. The molecule has 4 aliphatic carbocycles. The van der Waals surface area contributed by atoms with Gasteiger partial charge in [0.1, 0.15) is 0 Å². The highest BCUT2D eigenvalue weighted by Crippen LogP contribution is 2.55. The largest absolute Gasteiger partial charge is 0.447 e. The van der Waals surface area contributed by atoms with Crippen molar-refractivity contribution < 1.29 is 17.9 Å². The molecule has 1 aromatic heterocycles. The van der Waals surface area contributed by atoms with Crippen molar-refractivity contribution in [1.29, 1.82) is 5.53 Å². The van der Waals surface area contributed by atoms with Gasteiger partial charge in [0.05, 0.1) is 26.1 Å². The number of carbonyl (C=O) groups excluding carboxylic acids is 1. The molecular weight excluding hydrogens is 536 g/mol. The van der Waals surface area contributed by atoms with Crippen molar-refractivity contribution in [2.24, 2.45) is 5.11 Å². The summed E-state index contributed by atoms with van der Waals surface area (Å²) in [4.78, 5) is 18.3. The van der Waals surface area contributed by atoms with E-state index in [0.29, 0.717) is 24.1 Å². The first-order valence-electron chi connectivity index (χ1n) is 13.5. The molecule has 1 heterocycles. The lowest BCUT2D eigenvalue weighted by molar-refractivity contribution is 0.0560. The Labute approximate surface area is 233 Å². The highest BCUT2D eigenvalue weighted by atomic mass is 32.2. The number of aromatic nitrogens is 1. The van der Waals surface area contributed by atoms with Gasteiger partial charge in [-0.25, -0.2) is 23.7 Å². The topological polar surface area (TPSA) is 146 Å². The van der Waals surface area contributed by atoms with Gasteiger partial charge in [0.25, 0.3) is 0 Å². The van der Waals surface area contributed by atoms with Crippen molar-refractivity contribution in [2.75, 3.05) is 12.4 Å². The van der Waals surface area contributed by atoms with Gasteiger partial charge in [-0.2, -0.15) is 0 Å². The zero-order valence-electron chi connectivity index (χ0n) is 22.5. The van der Waals surface area contributed by atoms with Crippen LogP contribution >= 0.6 is 11.3 Å². The molecule has 4 N–H and O–H groups in total. The van der Waals surface area contributed by atoms with Gasteiger partial charge in [-0.1, -0.05) is 6.07 Å². The van der Waals surface area contributed by atoms with E-state index < -0.39 is 9.84 Å². The van der Waals surface area contributed by atoms with Gasteiger partial charge in [0, 0.05) is 41.6 Å². The Morgan fingerprint density at radius 1 is 1.21 bits per heavy atom. The summed E-state index contributed by atoms with van der Waals surface area (Å²) in [6.45, 7) is 3.70. The van der Waals surface area contributed by atoms with Crippen LogP contribution in [0.25, 0.3) is 10.4 Å². The maximum Gasteiger partial charge on any atom is 0.407 e. The molecule has 12 heteroatoms. The standard InChI is InChI=1S/C27H36N6O4S2/c1-17(2)37-25(34)32-27-11-8-26(9-12-27,10-13-27)24-30-15-21(38-24)20-7-4-18(31-23(33-28)16-29-3)14-22(20)39(35,36)19-5-6-19/h4,7,14-17,19,28-29,31H,5-6,8-13H2,1-3H3,(H,32,34)/b23-16-,33-28?. The summed E-state index contributed by atoms with van der Waals surface area (Å²) in [6.07, 6.45) is 9.59. The minimum Gasteiger partial charge on any atom is -0.447 e. The molecule has 4 fully saturated rings. The van der Waals surface area contributed by atoms with Crippen molar-refractivity contribution in [3.05, 3.63) is 41.4 Å². The van der Waals surface area contributed by atoms with Gasteiger partial charge in [0.15, 0.2) is 15.7 Å². The second kappa shape index (κ2) is 10.5. The lowest BCUT2D eigenvalue weighted by Gasteiger charge is -2.52. The number of anilines is 1. The van der Waals surface area contributed by atoms with Crippen LogP contribution in [0.4, 0.5) is 10.5 Å². The van der Waals surface area contributed by atoms with Crippen LogP contribution in [0.1, 0.15) is 70.2 Å². The Morgan fingerprint density at radius 3 is 2.49 bits per heavy atom. The van der Waals surface area contributed by atoms with E-state index in [1.165, 1.54) is 6.20 Å². The summed E-state index contributed by atoms with van der Waals surface area (Å²) in [5, 5.41) is 13.1. The molecular formula is C27H36N6O4S2. The molecule has 4 saturated carbocycles. The van der Waals surface area contributed by atoms with E-state index in [2.05, 4.69) is 21.1 Å². The van der Waals surface area contributed by atoms with Crippen LogP contribution in [-0.4, -0.2) is 43.4 Å². The van der Waals surface area contributed by atoms with Crippen molar-refractivity contribution in [3.8, 4) is 10.4 Å². The van der Waals surface area contributed by atoms with Crippen molar-refractivity contribution in [3.63, 3.8) is 0 Å². The number of nitrogens with one attached hydrogen (secondary N) is 4. The number of amides is 1. The molecule has 1 amide bonds. The number of carbonyl (C=O) groups is 1. The van der Waals surface area contributed by atoms with Crippen LogP contribution in [0, 0.1) is 5.53 Å². The van der Waals surface area contributed by atoms with E-state index >= 15 is 0 Å².